The number of hydrogen-bond acceptors (Lipinski definition) is 3. The maximum Gasteiger partial charge on any atom is 0.401 e. The molecule has 2 nitrogen and oxygen atoms in total. The molecule has 1 aromatic heterocycles. The van der Waals surface area contributed by atoms with Gasteiger partial charge in [-0.1, -0.05) is 6.92 Å². The van der Waals surface area contributed by atoms with Gasteiger partial charge in [-0.3, -0.25) is 4.90 Å². The van der Waals surface area contributed by atoms with Crippen LogP contribution in [-0.4, -0.2) is 30.7 Å². The van der Waals surface area contributed by atoms with E-state index in [0.717, 1.165) is 10.4 Å². The van der Waals surface area contributed by atoms with Crippen molar-refractivity contribution in [1.82, 2.24) is 4.90 Å². The number of aryl methyl sites for hydroxylation is 1. The molecule has 0 amide bonds. The predicted octanol–water partition coefficient (Wildman–Crippen LogP) is 2.94. The molecule has 0 aliphatic carbocycles. The number of alkyl halides is 3. The standard InChI is InChI=1S/C11H17F3N2S/c1-3-16(7-11(12,13)14)9(6-15)10-8(2)4-5-17-10/h4-5,9H,3,6-7,15H2,1-2H3. The third-order valence-electron chi connectivity index (χ3n) is 2.66. The Morgan fingerprint density at radius 3 is 2.47 bits per heavy atom. The summed E-state index contributed by atoms with van der Waals surface area (Å²) >= 11 is 1.46. The molecule has 1 aromatic rings. The Bertz CT molecular complexity index is 349. The summed E-state index contributed by atoms with van der Waals surface area (Å²) in [5.74, 6) is 0. The molecule has 0 saturated heterocycles. The van der Waals surface area contributed by atoms with E-state index in [1.54, 1.807) is 6.92 Å². The van der Waals surface area contributed by atoms with E-state index in [0.29, 0.717) is 6.54 Å². The molecule has 98 valence electrons. The van der Waals surface area contributed by atoms with E-state index in [9.17, 15) is 13.2 Å². The summed E-state index contributed by atoms with van der Waals surface area (Å²) in [4.78, 5) is 2.30. The Balaban J connectivity index is 2.88. The lowest BCUT2D eigenvalue weighted by atomic mass is 10.1. The Morgan fingerprint density at radius 2 is 2.12 bits per heavy atom. The molecule has 17 heavy (non-hydrogen) atoms. The summed E-state index contributed by atoms with van der Waals surface area (Å²) in [6.45, 7) is 3.24. The summed E-state index contributed by atoms with van der Waals surface area (Å²) < 4.78 is 37.4. The monoisotopic (exact) mass is 266 g/mol. The number of thiophene rings is 1. The van der Waals surface area contributed by atoms with Gasteiger partial charge in [-0.05, 0) is 30.5 Å². The first kappa shape index (κ1) is 14.5. The van der Waals surface area contributed by atoms with Crippen LogP contribution in [0.15, 0.2) is 11.4 Å². The van der Waals surface area contributed by atoms with Crippen molar-refractivity contribution < 1.29 is 13.2 Å². The summed E-state index contributed by atoms with van der Waals surface area (Å²) in [5.41, 5.74) is 6.63. The maximum absolute atomic E-state index is 12.5. The van der Waals surface area contributed by atoms with E-state index < -0.39 is 12.7 Å². The van der Waals surface area contributed by atoms with Crippen molar-refractivity contribution in [2.24, 2.45) is 5.73 Å². The molecule has 0 saturated carbocycles. The minimum Gasteiger partial charge on any atom is -0.329 e. The molecule has 0 fully saturated rings. The van der Waals surface area contributed by atoms with Gasteiger partial charge in [0.15, 0.2) is 0 Å². The van der Waals surface area contributed by atoms with Gasteiger partial charge in [0, 0.05) is 11.4 Å². The summed E-state index contributed by atoms with van der Waals surface area (Å²) in [6, 6.07) is 1.56. The van der Waals surface area contributed by atoms with Crippen molar-refractivity contribution in [2.75, 3.05) is 19.6 Å². The molecule has 1 atom stereocenters. The van der Waals surface area contributed by atoms with Crippen LogP contribution < -0.4 is 5.73 Å². The Hall–Kier alpha value is -0.590. The van der Waals surface area contributed by atoms with E-state index in [-0.39, 0.29) is 12.6 Å². The Morgan fingerprint density at radius 1 is 1.47 bits per heavy atom. The summed E-state index contributed by atoms with van der Waals surface area (Å²) in [6.07, 6.45) is -4.19. The fourth-order valence-corrected chi connectivity index (χ4v) is 2.90. The van der Waals surface area contributed by atoms with Gasteiger partial charge in [-0.15, -0.1) is 11.3 Å². The van der Waals surface area contributed by atoms with Gasteiger partial charge in [0.25, 0.3) is 0 Å². The third-order valence-corrected chi connectivity index (χ3v) is 3.78. The van der Waals surface area contributed by atoms with Crippen LogP contribution in [0.5, 0.6) is 0 Å². The molecule has 0 aliphatic heterocycles. The summed E-state index contributed by atoms with van der Waals surface area (Å²) in [5, 5.41) is 1.88. The van der Waals surface area contributed by atoms with Crippen LogP contribution in [0, 0.1) is 6.92 Å². The Labute approximate surface area is 103 Å². The second-order valence-corrected chi connectivity index (χ2v) is 4.85. The van der Waals surface area contributed by atoms with Gasteiger partial charge < -0.3 is 5.73 Å². The SMILES string of the molecule is CCN(CC(F)(F)F)C(CN)c1sccc1C. The van der Waals surface area contributed by atoms with Crippen molar-refractivity contribution in [1.29, 1.82) is 0 Å². The Kier molecular flexibility index (Phi) is 4.97. The van der Waals surface area contributed by atoms with Crippen LogP contribution in [0.1, 0.15) is 23.4 Å². The van der Waals surface area contributed by atoms with Crippen molar-refractivity contribution in [3.05, 3.63) is 21.9 Å². The van der Waals surface area contributed by atoms with Gasteiger partial charge in [0.2, 0.25) is 0 Å². The molecule has 2 N–H and O–H groups in total. The van der Waals surface area contributed by atoms with E-state index in [1.165, 1.54) is 16.2 Å². The van der Waals surface area contributed by atoms with Crippen molar-refractivity contribution >= 4 is 11.3 Å². The molecule has 1 rings (SSSR count). The summed E-state index contributed by atoms with van der Waals surface area (Å²) in [7, 11) is 0. The van der Waals surface area contributed by atoms with Crippen molar-refractivity contribution in [2.45, 2.75) is 26.1 Å². The van der Waals surface area contributed by atoms with Gasteiger partial charge in [-0.2, -0.15) is 13.2 Å². The number of nitrogens with two attached hydrogens (primary N) is 1. The highest BCUT2D eigenvalue weighted by molar-refractivity contribution is 7.10. The molecule has 0 spiro atoms. The predicted molar refractivity (Wildman–Crippen MR) is 64.2 cm³/mol. The largest absolute Gasteiger partial charge is 0.401 e. The molecule has 1 unspecified atom stereocenters. The third kappa shape index (κ3) is 3.97. The second-order valence-electron chi connectivity index (χ2n) is 3.90. The number of halogens is 3. The number of likely N-dealkylation sites (N-methyl/N-ethyl adjacent to an activating group) is 1. The van der Waals surface area contributed by atoms with Crippen LogP contribution in [-0.2, 0) is 0 Å². The van der Waals surface area contributed by atoms with Crippen molar-refractivity contribution in [3.8, 4) is 0 Å². The van der Waals surface area contributed by atoms with Gasteiger partial charge in [-0.25, -0.2) is 0 Å². The van der Waals surface area contributed by atoms with Crippen LogP contribution in [0.25, 0.3) is 0 Å². The van der Waals surface area contributed by atoms with E-state index in [2.05, 4.69) is 0 Å². The van der Waals surface area contributed by atoms with Gasteiger partial charge in [0.1, 0.15) is 0 Å². The highest BCUT2D eigenvalue weighted by atomic mass is 32.1. The van der Waals surface area contributed by atoms with E-state index in [1.807, 2.05) is 18.4 Å². The average Bonchev–Trinajstić information content (AvgIpc) is 2.63. The van der Waals surface area contributed by atoms with E-state index >= 15 is 0 Å². The fraction of sp³-hybridized carbons (Fsp3) is 0.636. The van der Waals surface area contributed by atoms with Crippen LogP contribution in [0.2, 0.25) is 0 Å². The zero-order valence-electron chi connectivity index (χ0n) is 9.92. The molecule has 0 aromatic carbocycles. The highest BCUT2D eigenvalue weighted by Gasteiger charge is 2.33. The minimum atomic E-state index is -4.19. The second kappa shape index (κ2) is 5.84. The first-order valence-corrected chi connectivity index (χ1v) is 6.31. The normalized spacial score (nSPS) is 14.3. The average molecular weight is 266 g/mol. The number of nitrogens with zero attached hydrogens (tertiary/aromatic N) is 1. The number of rotatable bonds is 5. The maximum atomic E-state index is 12.5. The topological polar surface area (TPSA) is 29.3 Å². The van der Waals surface area contributed by atoms with Crippen LogP contribution >= 0.6 is 11.3 Å². The van der Waals surface area contributed by atoms with Gasteiger partial charge in [0.05, 0.1) is 12.6 Å². The first-order valence-electron chi connectivity index (χ1n) is 5.44. The molecular weight excluding hydrogens is 249 g/mol. The molecular formula is C11H17F3N2S. The molecule has 0 aliphatic rings. The fourth-order valence-electron chi connectivity index (χ4n) is 1.82. The molecule has 6 heteroatoms. The van der Waals surface area contributed by atoms with E-state index in [4.69, 9.17) is 5.73 Å². The van der Waals surface area contributed by atoms with Gasteiger partial charge >= 0.3 is 6.18 Å². The zero-order chi connectivity index (χ0) is 13.1. The van der Waals surface area contributed by atoms with Crippen LogP contribution in [0.4, 0.5) is 13.2 Å². The first-order chi connectivity index (χ1) is 7.89. The smallest absolute Gasteiger partial charge is 0.329 e. The minimum absolute atomic E-state index is 0.200. The molecule has 1 heterocycles. The highest BCUT2D eigenvalue weighted by Crippen LogP contribution is 2.30. The van der Waals surface area contributed by atoms with Crippen LogP contribution in [0.3, 0.4) is 0 Å². The van der Waals surface area contributed by atoms with Crippen molar-refractivity contribution in [3.63, 3.8) is 0 Å². The molecule has 0 bridgehead atoms. The number of hydrogen-bond donors (Lipinski definition) is 1. The zero-order valence-corrected chi connectivity index (χ0v) is 10.7. The molecule has 0 radical (unpaired) electrons. The lowest BCUT2D eigenvalue weighted by Crippen LogP contribution is -2.40. The quantitative estimate of drug-likeness (QED) is 0.888. The lowest BCUT2D eigenvalue weighted by Gasteiger charge is -2.30. The lowest BCUT2D eigenvalue weighted by molar-refractivity contribution is -0.150.